The average molecular weight is 263 g/mol. The summed E-state index contributed by atoms with van der Waals surface area (Å²) < 4.78 is 27.8. The number of aromatic nitrogens is 2. The minimum absolute atomic E-state index is 0.0429. The van der Waals surface area contributed by atoms with E-state index in [-0.39, 0.29) is 4.90 Å². The Bertz CT molecular complexity index is 627. The third-order valence-electron chi connectivity index (χ3n) is 1.94. The summed E-state index contributed by atoms with van der Waals surface area (Å²) in [4.78, 5) is 7.73. The molecule has 0 amide bonds. The van der Waals surface area contributed by atoms with Crippen LogP contribution < -0.4 is 0 Å². The first-order chi connectivity index (χ1) is 8.68. The van der Waals surface area contributed by atoms with Gasteiger partial charge in [-0.2, -0.15) is 8.42 Å². The molecule has 0 aliphatic heterocycles. The lowest BCUT2D eigenvalue weighted by Crippen LogP contribution is -2.02. The van der Waals surface area contributed by atoms with Crippen molar-refractivity contribution in [2.45, 2.75) is 4.90 Å². The number of benzene rings is 1. The molecule has 92 valence electrons. The fraction of sp³-hybridized carbons (Fsp3) is 0. The van der Waals surface area contributed by atoms with E-state index in [1.807, 2.05) is 0 Å². The summed E-state index contributed by atoms with van der Waals surface area (Å²) in [6, 6.07) is 7.76. The van der Waals surface area contributed by atoms with Crippen LogP contribution in [0.4, 0.5) is 0 Å². The fourth-order valence-corrected chi connectivity index (χ4v) is 1.87. The first kappa shape index (κ1) is 12.2. The average Bonchev–Trinajstić information content (AvgIpc) is 2.41. The molecule has 1 aromatic carbocycles. The van der Waals surface area contributed by atoms with Crippen LogP contribution in [0.15, 0.2) is 59.0 Å². The van der Waals surface area contributed by atoms with Gasteiger partial charge in [-0.15, -0.1) is 0 Å². The first-order valence-corrected chi connectivity index (χ1v) is 6.37. The molecule has 2 rings (SSSR count). The van der Waals surface area contributed by atoms with Crippen molar-refractivity contribution in [3.05, 3.63) is 54.6 Å². The summed E-state index contributed by atoms with van der Waals surface area (Å²) in [7, 11) is -3.88. The van der Waals surface area contributed by atoms with Crippen LogP contribution in [0.1, 0.15) is 5.69 Å². The second kappa shape index (κ2) is 5.37. The normalized spacial score (nSPS) is 11.6. The van der Waals surface area contributed by atoms with Crippen LogP contribution in [0.5, 0.6) is 0 Å². The van der Waals surface area contributed by atoms with Crippen LogP contribution in [0, 0.1) is 0 Å². The fourth-order valence-electron chi connectivity index (χ4n) is 1.14. The van der Waals surface area contributed by atoms with E-state index < -0.39 is 10.1 Å². The predicted octanol–water partition coefficient (Wildman–Crippen LogP) is 1.22. The Morgan fingerprint density at radius 1 is 1.17 bits per heavy atom. The van der Waals surface area contributed by atoms with Crippen molar-refractivity contribution < 1.29 is 12.7 Å². The molecular formula is C11H9N3O3S. The molecule has 6 nitrogen and oxygen atoms in total. The molecule has 1 aromatic heterocycles. The zero-order valence-corrected chi connectivity index (χ0v) is 9.99. The topological polar surface area (TPSA) is 81.5 Å². The van der Waals surface area contributed by atoms with Gasteiger partial charge in [0.2, 0.25) is 0 Å². The maximum absolute atomic E-state index is 11.7. The summed E-state index contributed by atoms with van der Waals surface area (Å²) in [5.41, 5.74) is 0.403. The standard InChI is InChI=1S/C11H9N3O3S/c15-18(16,11-4-2-1-3-5-11)17-14-9-10-8-12-6-7-13-10/h1-9H. The van der Waals surface area contributed by atoms with E-state index >= 15 is 0 Å². The van der Waals surface area contributed by atoms with Crippen molar-refractivity contribution in [3.63, 3.8) is 0 Å². The zero-order valence-electron chi connectivity index (χ0n) is 9.17. The summed E-state index contributed by atoms with van der Waals surface area (Å²) in [6.07, 6.45) is 5.57. The third kappa shape index (κ3) is 3.11. The second-order valence-electron chi connectivity index (χ2n) is 3.21. The van der Waals surface area contributed by atoms with Crippen LogP contribution in [0.25, 0.3) is 0 Å². The minimum Gasteiger partial charge on any atom is -0.265 e. The van der Waals surface area contributed by atoms with Crippen LogP contribution in [-0.4, -0.2) is 24.6 Å². The number of hydrogen-bond acceptors (Lipinski definition) is 6. The number of nitrogens with zero attached hydrogens (tertiary/aromatic N) is 3. The number of oxime groups is 1. The monoisotopic (exact) mass is 263 g/mol. The molecule has 0 saturated carbocycles. The minimum atomic E-state index is -3.88. The Morgan fingerprint density at radius 2 is 1.94 bits per heavy atom. The molecule has 18 heavy (non-hydrogen) atoms. The summed E-state index contributed by atoms with van der Waals surface area (Å²) in [5, 5.41) is 3.37. The van der Waals surface area contributed by atoms with Gasteiger partial charge < -0.3 is 0 Å². The Labute approximate surface area is 104 Å². The Kier molecular flexibility index (Phi) is 3.63. The predicted molar refractivity (Wildman–Crippen MR) is 64.3 cm³/mol. The van der Waals surface area contributed by atoms with Gasteiger partial charge in [-0.05, 0) is 12.1 Å². The highest BCUT2D eigenvalue weighted by Crippen LogP contribution is 2.11. The maximum atomic E-state index is 11.7. The van der Waals surface area contributed by atoms with E-state index in [9.17, 15) is 8.42 Å². The molecule has 0 saturated heterocycles. The Balaban J connectivity index is 2.09. The van der Waals surface area contributed by atoms with Gasteiger partial charge >= 0.3 is 10.1 Å². The van der Waals surface area contributed by atoms with Crippen molar-refractivity contribution in [1.29, 1.82) is 0 Å². The summed E-state index contributed by atoms with van der Waals surface area (Å²) in [5.74, 6) is 0. The third-order valence-corrected chi connectivity index (χ3v) is 3.07. The molecule has 0 bridgehead atoms. The molecular weight excluding hydrogens is 254 g/mol. The maximum Gasteiger partial charge on any atom is 0.358 e. The van der Waals surface area contributed by atoms with Crippen LogP contribution in [0.2, 0.25) is 0 Å². The molecule has 7 heteroatoms. The van der Waals surface area contributed by atoms with E-state index in [0.717, 1.165) is 0 Å². The summed E-state index contributed by atoms with van der Waals surface area (Å²) in [6.45, 7) is 0. The molecule has 0 N–H and O–H groups in total. The van der Waals surface area contributed by atoms with Crippen LogP contribution >= 0.6 is 0 Å². The Morgan fingerprint density at radius 3 is 2.61 bits per heavy atom. The van der Waals surface area contributed by atoms with Gasteiger partial charge in [-0.3, -0.25) is 14.3 Å². The highest BCUT2D eigenvalue weighted by atomic mass is 32.2. The lowest BCUT2D eigenvalue weighted by Gasteiger charge is -1.99. The largest absolute Gasteiger partial charge is 0.358 e. The van der Waals surface area contributed by atoms with Gasteiger partial charge in [-0.25, -0.2) is 0 Å². The van der Waals surface area contributed by atoms with Gasteiger partial charge in [0.25, 0.3) is 0 Å². The van der Waals surface area contributed by atoms with Gasteiger partial charge in [0, 0.05) is 12.4 Å². The molecule has 0 radical (unpaired) electrons. The zero-order chi connectivity index (χ0) is 12.8. The smallest absolute Gasteiger partial charge is 0.265 e. The summed E-state index contributed by atoms with van der Waals surface area (Å²) >= 11 is 0. The van der Waals surface area contributed by atoms with Gasteiger partial charge in [0.15, 0.2) is 0 Å². The molecule has 0 spiro atoms. The van der Waals surface area contributed by atoms with E-state index in [0.29, 0.717) is 5.69 Å². The molecule has 0 fully saturated rings. The van der Waals surface area contributed by atoms with Crippen molar-refractivity contribution in [2.24, 2.45) is 5.16 Å². The quantitative estimate of drug-likeness (QED) is 0.612. The highest BCUT2D eigenvalue weighted by Gasteiger charge is 2.14. The lowest BCUT2D eigenvalue weighted by molar-refractivity contribution is 0.341. The highest BCUT2D eigenvalue weighted by molar-refractivity contribution is 7.86. The number of hydrogen-bond donors (Lipinski definition) is 0. The molecule has 0 unspecified atom stereocenters. The molecule has 2 aromatic rings. The second-order valence-corrected chi connectivity index (χ2v) is 4.74. The van der Waals surface area contributed by atoms with Gasteiger partial charge in [-0.1, -0.05) is 23.4 Å². The first-order valence-electron chi connectivity index (χ1n) is 4.96. The van der Waals surface area contributed by atoms with Gasteiger partial charge in [0.1, 0.15) is 10.6 Å². The molecule has 1 heterocycles. The number of rotatable bonds is 4. The molecule has 0 atom stereocenters. The van der Waals surface area contributed by atoms with E-state index in [1.54, 1.807) is 18.2 Å². The van der Waals surface area contributed by atoms with Crippen molar-refractivity contribution in [2.75, 3.05) is 0 Å². The SMILES string of the molecule is O=S(=O)(ON=Cc1cnccn1)c1ccccc1. The van der Waals surface area contributed by atoms with Gasteiger partial charge in [0.05, 0.1) is 12.4 Å². The van der Waals surface area contributed by atoms with Crippen molar-refractivity contribution in [3.8, 4) is 0 Å². The van der Waals surface area contributed by atoms with E-state index in [1.165, 1.54) is 36.9 Å². The van der Waals surface area contributed by atoms with Crippen LogP contribution in [0.3, 0.4) is 0 Å². The molecule has 0 aliphatic carbocycles. The van der Waals surface area contributed by atoms with Crippen molar-refractivity contribution >= 4 is 16.3 Å². The molecule has 0 aliphatic rings. The van der Waals surface area contributed by atoms with Crippen LogP contribution in [-0.2, 0) is 14.4 Å². The van der Waals surface area contributed by atoms with E-state index in [2.05, 4.69) is 19.4 Å². The Hall–Kier alpha value is -2.28. The van der Waals surface area contributed by atoms with E-state index in [4.69, 9.17) is 0 Å². The van der Waals surface area contributed by atoms with Crippen molar-refractivity contribution in [1.82, 2.24) is 9.97 Å². The lowest BCUT2D eigenvalue weighted by atomic mass is 10.4.